The van der Waals surface area contributed by atoms with E-state index in [2.05, 4.69) is 0 Å². The molecule has 0 aliphatic heterocycles. The number of halogens is 1. The van der Waals surface area contributed by atoms with Gasteiger partial charge in [-0.3, -0.25) is 0 Å². The molecule has 0 aromatic rings. The Hall–Kier alpha value is 0.210. The summed E-state index contributed by atoms with van der Waals surface area (Å²) in [5, 5.41) is 9.30. The topological polar surface area (TPSA) is 46.2 Å². The van der Waals surface area contributed by atoms with Crippen LogP contribution in [0.1, 0.15) is 25.7 Å². The summed E-state index contributed by atoms with van der Waals surface area (Å²) in [6, 6.07) is 0. The maximum absolute atomic E-state index is 9.30. The predicted octanol–water partition coefficient (Wildman–Crippen LogP) is 0.670. The fraction of sp³-hybridized carbons (Fsp3) is 1.00. The van der Waals surface area contributed by atoms with Crippen LogP contribution in [0.25, 0.3) is 0 Å². The van der Waals surface area contributed by atoms with E-state index in [1.165, 1.54) is 0 Å². The van der Waals surface area contributed by atoms with Crippen molar-refractivity contribution >= 4 is 12.4 Å². The van der Waals surface area contributed by atoms with Gasteiger partial charge in [0, 0.05) is 5.54 Å². The van der Waals surface area contributed by atoms with E-state index < -0.39 is 0 Å². The number of fused-ring (bicyclic) bond motifs is 2. The zero-order chi connectivity index (χ0) is 6.48. The summed E-state index contributed by atoms with van der Waals surface area (Å²) in [4.78, 5) is 0. The number of aliphatic hydroxyl groups excluding tert-OH is 1. The Morgan fingerprint density at radius 1 is 1.40 bits per heavy atom. The summed E-state index contributed by atoms with van der Waals surface area (Å²) in [6.45, 7) is 0. The summed E-state index contributed by atoms with van der Waals surface area (Å²) < 4.78 is 0. The first-order valence-corrected chi connectivity index (χ1v) is 3.67. The van der Waals surface area contributed by atoms with Gasteiger partial charge in [0.1, 0.15) is 0 Å². The zero-order valence-corrected chi connectivity index (χ0v) is 6.73. The number of hydrogen-bond donors (Lipinski definition) is 2. The first-order valence-electron chi connectivity index (χ1n) is 3.67. The minimum absolute atomic E-state index is 0. The largest absolute Gasteiger partial charge is 0.393 e. The molecule has 3 atom stereocenters. The van der Waals surface area contributed by atoms with Gasteiger partial charge in [-0.2, -0.15) is 0 Å². The molecule has 0 spiro atoms. The van der Waals surface area contributed by atoms with E-state index in [-0.39, 0.29) is 24.0 Å². The molecule has 2 fully saturated rings. The third kappa shape index (κ3) is 1.04. The van der Waals surface area contributed by atoms with Gasteiger partial charge in [-0.15, -0.1) is 12.4 Å². The minimum Gasteiger partial charge on any atom is -0.393 e. The maximum Gasteiger partial charge on any atom is 0.0586 e. The number of hydrogen-bond acceptors (Lipinski definition) is 2. The minimum atomic E-state index is -0.0799. The highest BCUT2D eigenvalue weighted by atomic mass is 35.5. The molecule has 3 heteroatoms. The third-order valence-corrected chi connectivity index (χ3v) is 2.84. The molecule has 2 nitrogen and oxygen atoms in total. The second-order valence-corrected chi connectivity index (χ2v) is 3.64. The lowest BCUT2D eigenvalue weighted by Gasteiger charge is -2.22. The van der Waals surface area contributed by atoms with Crippen LogP contribution < -0.4 is 5.73 Å². The van der Waals surface area contributed by atoms with Crippen molar-refractivity contribution in [3.8, 4) is 0 Å². The second-order valence-electron chi connectivity index (χ2n) is 3.64. The van der Waals surface area contributed by atoms with E-state index in [9.17, 15) is 5.11 Å². The Bertz CT molecular complexity index is 138. The summed E-state index contributed by atoms with van der Waals surface area (Å²) >= 11 is 0. The van der Waals surface area contributed by atoms with Crippen LogP contribution in [0.2, 0.25) is 0 Å². The summed E-state index contributed by atoms with van der Waals surface area (Å²) in [5.74, 6) is 0.537. The van der Waals surface area contributed by atoms with E-state index in [0.29, 0.717) is 5.92 Å². The summed E-state index contributed by atoms with van der Waals surface area (Å²) in [6.07, 6.45) is 4.11. The molecule has 2 bridgehead atoms. The highest BCUT2D eigenvalue weighted by Gasteiger charge is 2.47. The quantitative estimate of drug-likeness (QED) is 0.552. The number of aliphatic hydroxyl groups is 1. The van der Waals surface area contributed by atoms with E-state index in [0.717, 1.165) is 25.7 Å². The normalized spacial score (nSPS) is 51.0. The van der Waals surface area contributed by atoms with Crippen molar-refractivity contribution in [2.45, 2.75) is 37.3 Å². The Morgan fingerprint density at radius 3 is 2.30 bits per heavy atom. The van der Waals surface area contributed by atoms with Crippen LogP contribution in [0, 0.1) is 5.92 Å². The molecule has 0 saturated heterocycles. The van der Waals surface area contributed by atoms with Crippen molar-refractivity contribution in [3.63, 3.8) is 0 Å². The van der Waals surface area contributed by atoms with Gasteiger partial charge >= 0.3 is 0 Å². The van der Waals surface area contributed by atoms with Crippen molar-refractivity contribution in [1.29, 1.82) is 0 Å². The number of nitrogens with two attached hydrogens (primary N) is 1. The van der Waals surface area contributed by atoms with E-state index in [1.54, 1.807) is 0 Å². The molecule has 3 N–H and O–H groups in total. The molecule has 2 aliphatic rings. The molecule has 0 aromatic heterocycles. The van der Waals surface area contributed by atoms with Crippen molar-refractivity contribution in [3.05, 3.63) is 0 Å². The lowest BCUT2D eigenvalue weighted by atomic mass is 9.93. The molecular formula is C7H14ClNO. The van der Waals surface area contributed by atoms with E-state index in [4.69, 9.17) is 5.73 Å². The van der Waals surface area contributed by atoms with Crippen LogP contribution in [-0.2, 0) is 0 Å². The van der Waals surface area contributed by atoms with Crippen LogP contribution in [0.15, 0.2) is 0 Å². The molecule has 60 valence electrons. The molecule has 0 aromatic carbocycles. The van der Waals surface area contributed by atoms with Gasteiger partial charge in [0.25, 0.3) is 0 Å². The van der Waals surface area contributed by atoms with Gasteiger partial charge in [0.05, 0.1) is 6.10 Å². The first kappa shape index (κ1) is 8.31. The average Bonchev–Trinajstić information content (AvgIpc) is 2.20. The summed E-state index contributed by atoms with van der Waals surface area (Å²) in [5.41, 5.74) is 5.96. The molecule has 10 heavy (non-hydrogen) atoms. The fourth-order valence-electron chi connectivity index (χ4n) is 2.30. The molecule has 0 radical (unpaired) electrons. The second kappa shape index (κ2) is 2.36. The molecule has 2 rings (SSSR count). The Morgan fingerprint density at radius 2 is 2.10 bits per heavy atom. The SMILES string of the molecule is Cl.NC12CCC(C1)C(O)C2. The molecule has 0 amide bonds. The third-order valence-electron chi connectivity index (χ3n) is 2.84. The predicted molar refractivity (Wildman–Crippen MR) is 42.1 cm³/mol. The standard InChI is InChI=1S/C7H13NO.ClH/c8-7-2-1-5(3-7)6(9)4-7;/h5-6,9H,1-4,8H2;1H. The molecule has 3 unspecified atom stereocenters. The number of rotatable bonds is 0. The lowest BCUT2D eigenvalue weighted by molar-refractivity contribution is 0.110. The van der Waals surface area contributed by atoms with Gasteiger partial charge in [0.2, 0.25) is 0 Å². The Balaban J connectivity index is 0.000000500. The lowest BCUT2D eigenvalue weighted by Crippen LogP contribution is -2.36. The van der Waals surface area contributed by atoms with Crippen LogP contribution in [0.5, 0.6) is 0 Å². The highest BCUT2D eigenvalue weighted by molar-refractivity contribution is 5.85. The van der Waals surface area contributed by atoms with Crippen LogP contribution >= 0.6 is 12.4 Å². The smallest absolute Gasteiger partial charge is 0.0586 e. The van der Waals surface area contributed by atoms with Crippen molar-refractivity contribution in [2.75, 3.05) is 0 Å². The molecule has 0 heterocycles. The molecular weight excluding hydrogens is 150 g/mol. The monoisotopic (exact) mass is 163 g/mol. The van der Waals surface area contributed by atoms with Crippen LogP contribution in [0.3, 0.4) is 0 Å². The molecule has 2 saturated carbocycles. The highest BCUT2D eigenvalue weighted by Crippen LogP contribution is 2.45. The Labute approximate surface area is 67.2 Å². The van der Waals surface area contributed by atoms with Crippen molar-refractivity contribution in [2.24, 2.45) is 11.7 Å². The summed E-state index contributed by atoms with van der Waals surface area (Å²) in [7, 11) is 0. The first-order chi connectivity index (χ1) is 4.20. The van der Waals surface area contributed by atoms with Gasteiger partial charge in [-0.05, 0) is 31.6 Å². The fourth-order valence-corrected chi connectivity index (χ4v) is 2.30. The molecule has 2 aliphatic carbocycles. The van der Waals surface area contributed by atoms with E-state index >= 15 is 0 Å². The maximum atomic E-state index is 9.30. The average molecular weight is 164 g/mol. The van der Waals surface area contributed by atoms with Crippen molar-refractivity contribution in [1.82, 2.24) is 0 Å². The van der Waals surface area contributed by atoms with Crippen molar-refractivity contribution < 1.29 is 5.11 Å². The van der Waals surface area contributed by atoms with Crippen LogP contribution in [0.4, 0.5) is 0 Å². The van der Waals surface area contributed by atoms with Crippen LogP contribution in [-0.4, -0.2) is 16.7 Å². The van der Waals surface area contributed by atoms with Gasteiger partial charge < -0.3 is 10.8 Å². The van der Waals surface area contributed by atoms with Gasteiger partial charge in [-0.25, -0.2) is 0 Å². The zero-order valence-electron chi connectivity index (χ0n) is 5.92. The Kier molecular flexibility index (Phi) is 1.96. The van der Waals surface area contributed by atoms with Gasteiger partial charge in [-0.1, -0.05) is 0 Å². The van der Waals surface area contributed by atoms with E-state index in [1.807, 2.05) is 0 Å². The van der Waals surface area contributed by atoms with Gasteiger partial charge in [0.15, 0.2) is 0 Å².